The van der Waals surface area contributed by atoms with Gasteiger partial charge in [-0.2, -0.15) is 4.80 Å². The van der Waals surface area contributed by atoms with Crippen LogP contribution < -0.4 is 14.8 Å². The van der Waals surface area contributed by atoms with Gasteiger partial charge in [-0.05, 0) is 61.0 Å². The van der Waals surface area contributed by atoms with Crippen LogP contribution in [0.1, 0.15) is 12.5 Å². The van der Waals surface area contributed by atoms with Crippen molar-refractivity contribution in [3.8, 4) is 22.9 Å². The minimum atomic E-state index is -0.269. The third-order valence-electron chi connectivity index (χ3n) is 3.79. The van der Waals surface area contributed by atoms with Crippen molar-refractivity contribution in [2.75, 3.05) is 19.0 Å². The fourth-order valence-electron chi connectivity index (χ4n) is 2.53. The summed E-state index contributed by atoms with van der Waals surface area (Å²) >= 11 is 0. The maximum absolute atomic E-state index is 12.3. The Balaban J connectivity index is 1.67. The predicted molar refractivity (Wildman–Crippen MR) is 101 cm³/mol. The molecule has 1 N–H and O–H groups in total. The summed E-state index contributed by atoms with van der Waals surface area (Å²) in [5.74, 6) is 1.55. The maximum Gasteiger partial charge on any atom is 0.248 e. The molecule has 2 aromatic carbocycles. The minimum Gasteiger partial charge on any atom is -0.495 e. The molecule has 1 amide bonds. The lowest BCUT2D eigenvalue weighted by atomic mass is 10.2. The molecule has 0 fully saturated rings. The molecule has 0 aliphatic rings. The molecule has 0 saturated heterocycles. The van der Waals surface area contributed by atoms with Crippen molar-refractivity contribution < 1.29 is 14.3 Å². The molecule has 0 radical (unpaired) electrons. The number of nitrogens with zero attached hydrogens (tertiary/aromatic N) is 4. The Morgan fingerprint density at radius 1 is 1.19 bits per heavy atom. The number of anilines is 1. The summed E-state index contributed by atoms with van der Waals surface area (Å²) in [4.78, 5) is 13.6. The second-order valence-electron chi connectivity index (χ2n) is 5.85. The van der Waals surface area contributed by atoms with Gasteiger partial charge >= 0.3 is 0 Å². The zero-order valence-corrected chi connectivity index (χ0v) is 15.5. The zero-order valence-electron chi connectivity index (χ0n) is 15.5. The molecule has 1 heterocycles. The summed E-state index contributed by atoms with van der Waals surface area (Å²) in [7, 11) is 1.56. The SMILES string of the molecule is CCOc1ccc(-c2nnn(CC(=O)Nc3cc(C)ccc3OC)n2)cc1. The average molecular weight is 367 g/mol. The highest BCUT2D eigenvalue weighted by Gasteiger charge is 2.12. The first kappa shape index (κ1) is 18.4. The van der Waals surface area contributed by atoms with Gasteiger partial charge in [-0.15, -0.1) is 10.2 Å². The van der Waals surface area contributed by atoms with Crippen molar-refractivity contribution in [2.45, 2.75) is 20.4 Å². The summed E-state index contributed by atoms with van der Waals surface area (Å²) in [6.45, 7) is 4.42. The van der Waals surface area contributed by atoms with E-state index in [9.17, 15) is 4.79 Å². The van der Waals surface area contributed by atoms with E-state index in [1.54, 1.807) is 7.11 Å². The Bertz CT molecular complexity index is 921. The Hall–Kier alpha value is -3.42. The summed E-state index contributed by atoms with van der Waals surface area (Å²) in [5.41, 5.74) is 2.42. The maximum atomic E-state index is 12.3. The van der Waals surface area contributed by atoms with Crippen LogP contribution in [0.5, 0.6) is 11.5 Å². The highest BCUT2D eigenvalue weighted by molar-refractivity contribution is 5.92. The lowest BCUT2D eigenvalue weighted by Gasteiger charge is -2.10. The van der Waals surface area contributed by atoms with Gasteiger partial charge < -0.3 is 14.8 Å². The van der Waals surface area contributed by atoms with Crippen LogP contribution in [0.25, 0.3) is 11.4 Å². The number of rotatable bonds is 7. The second kappa shape index (κ2) is 8.31. The Morgan fingerprint density at radius 2 is 1.96 bits per heavy atom. The van der Waals surface area contributed by atoms with Gasteiger partial charge in [0.15, 0.2) is 0 Å². The molecule has 0 bridgehead atoms. The number of hydrogen-bond donors (Lipinski definition) is 1. The van der Waals surface area contributed by atoms with Crippen molar-refractivity contribution in [2.24, 2.45) is 0 Å². The van der Waals surface area contributed by atoms with Crippen LogP contribution in [0, 0.1) is 6.92 Å². The van der Waals surface area contributed by atoms with Gasteiger partial charge in [0.1, 0.15) is 18.0 Å². The number of benzene rings is 2. The van der Waals surface area contributed by atoms with Crippen LogP contribution in [-0.4, -0.2) is 39.8 Å². The molecule has 27 heavy (non-hydrogen) atoms. The minimum absolute atomic E-state index is 0.0544. The van der Waals surface area contributed by atoms with Crippen LogP contribution in [0.2, 0.25) is 0 Å². The Morgan fingerprint density at radius 3 is 2.67 bits per heavy atom. The Kier molecular flexibility index (Phi) is 5.65. The number of methoxy groups -OCH3 is 1. The van der Waals surface area contributed by atoms with E-state index in [-0.39, 0.29) is 12.5 Å². The van der Waals surface area contributed by atoms with Gasteiger partial charge in [0.05, 0.1) is 19.4 Å². The van der Waals surface area contributed by atoms with Crippen LogP contribution >= 0.6 is 0 Å². The average Bonchev–Trinajstić information content (AvgIpc) is 3.11. The topological polar surface area (TPSA) is 91.2 Å². The first-order chi connectivity index (χ1) is 13.1. The summed E-state index contributed by atoms with van der Waals surface area (Å²) in [6.07, 6.45) is 0. The standard InChI is InChI=1S/C19H21N5O3/c1-4-27-15-8-6-14(7-9-15)19-21-23-24(22-19)12-18(25)20-16-11-13(2)5-10-17(16)26-3/h5-11H,4,12H2,1-3H3,(H,20,25). The smallest absolute Gasteiger partial charge is 0.248 e. The highest BCUT2D eigenvalue weighted by atomic mass is 16.5. The quantitative estimate of drug-likeness (QED) is 0.690. The van der Waals surface area contributed by atoms with E-state index in [0.717, 1.165) is 16.9 Å². The molecule has 0 saturated carbocycles. The van der Waals surface area contributed by atoms with Gasteiger partial charge in [0, 0.05) is 5.56 Å². The molecule has 0 atom stereocenters. The van der Waals surface area contributed by atoms with E-state index in [4.69, 9.17) is 9.47 Å². The molecule has 3 rings (SSSR count). The summed E-state index contributed by atoms with van der Waals surface area (Å²) < 4.78 is 10.7. The molecule has 0 unspecified atom stereocenters. The molecule has 0 aliphatic carbocycles. The molecule has 1 aromatic heterocycles. The molecule has 0 spiro atoms. The number of carbonyl (C=O) groups excluding carboxylic acids is 1. The number of carbonyl (C=O) groups is 1. The van der Waals surface area contributed by atoms with E-state index in [1.807, 2.05) is 56.3 Å². The monoisotopic (exact) mass is 367 g/mol. The third kappa shape index (κ3) is 4.60. The fourth-order valence-corrected chi connectivity index (χ4v) is 2.53. The number of ether oxygens (including phenoxy) is 2. The van der Waals surface area contributed by atoms with E-state index >= 15 is 0 Å². The van der Waals surface area contributed by atoms with Gasteiger partial charge in [0.2, 0.25) is 11.7 Å². The predicted octanol–water partition coefficient (Wildman–Crippen LogP) is 2.69. The van der Waals surface area contributed by atoms with E-state index in [0.29, 0.717) is 23.9 Å². The number of amides is 1. The van der Waals surface area contributed by atoms with Crippen molar-refractivity contribution in [1.82, 2.24) is 20.2 Å². The fraction of sp³-hybridized carbons (Fsp3) is 0.263. The first-order valence-corrected chi connectivity index (χ1v) is 8.54. The van der Waals surface area contributed by atoms with Crippen molar-refractivity contribution in [1.29, 1.82) is 0 Å². The van der Waals surface area contributed by atoms with Crippen LogP contribution in [0.15, 0.2) is 42.5 Å². The van der Waals surface area contributed by atoms with Gasteiger partial charge in [-0.25, -0.2) is 0 Å². The van der Waals surface area contributed by atoms with E-state index < -0.39 is 0 Å². The highest BCUT2D eigenvalue weighted by Crippen LogP contribution is 2.25. The van der Waals surface area contributed by atoms with Crippen LogP contribution in [0.3, 0.4) is 0 Å². The van der Waals surface area contributed by atoms with Gasteiger partial charge in [0.25, 0.3) is 0 Å². The lowest BCUT2D eigenvalue weighted by Crippen LogP contribution is -2.20. The van der Waals surface area contributed by atoms with Crippen molar-refractivity contribution in [3.63, 3.8) is 0 Å². The molecule has 0 aliphatic heterocycles. The molecule has 140 valence electrons. The zero-order chi connectivity index (χ0) is 19.2. The lowest BCUT2D eigenvalue weighted by molar-refractivity contribution is -0.117. The van der Waals surface area contributed by atoms with Crippen LogP contribution in [0.4, 0.5) is 5.69 Å². The molecule has 8 nitrogen and oxygen atoms in total. The van der Waals surface area contributed by atoms with Crippen molar-refractivity contribution >= 4 is 11.6 Å². The Labute approximate surface area is 157 Å². The number of aryl methyl sites for hydroxylation is 1. The second-order valence-corrected chi connectivity index (χ2v) is 5.85. The number of aromatic nitrogens is 4. The molecular weight excluding hydrogens is 346 g/mol. The van der Waals surface area contributed by atoms with Crippen molar-refractivity contribution in [3.05, 3.63) is 48.0 Å². The summed E-state index contributed by atoms with van der Waals surface area (Å²) in [6, 6.07) is 13.0. The van der Waals surface area contributed by atoms with Gasteiger partial charge in [-0.3, -0.25) is 4.79 Å². The number of hydrogen-bond acceptors (Lipinski definition) is 6. The van der Waals surface area contributed by atoms with E-state index in [1.165, 1.54) is 4.80 Å². The van der Waals surface area contributed by atoms with E-state index in [2.05, 4.69) is 20.7 Å². The largest absolute Gasteiger partial charge is 0.495 e. The number of tetrazole rings is 1. The first-order valence-electron chi connectivity index (χ1n) is 8.54. The van der Waals surface area contributed by atoms with Gasteiger partial charge in [-0.1, -0.05) is 6.07 Å². The summed E-state index contributed by atoms with van der Waals surface area (Å²) in [5, 5.41) is 15.0. The van der Waals surface area contributed by atoms with Crippen LogP contribution in [-0.2, 0) is 11.3 Å². The molecule has 8 heteroatoms. The molecule has 3 aromatic rings. The number of nitrogens with one attached hydrogen (secondary N) is 1. The normalized spacial score (nSPS) is 10.5. The third-order valence-corrected chi connectivity index (χ3v) is 3.79. The molecular formula is C19H21N5O3.